The molecule has 0 spiro atoms. The van der Waals surface area contributed by atoms with Gasteiger partial charge in [-0.3, -0.25) is 0 Å². The van der Waals surface area contributed by atoms with Crippen molar-refractivity contribution in [2.45, 2.75) is 32.7 Å². The van der Waals surface area contributed by atoms with Gasteiger partial charge >= 0.3 is 0 Å². The molecule has 0 saturated carbocycles. The van der Waals surface area contributed by atoms with Crippen LogP contribution in [0.15, 0.2) is 10.7 Å². The van der Waals surface area contributed by atoms with E-state index in [2.05, 4.69) is 11.9 Å². The molecule has 1 aromatic rings. The Labute approximate surface area is 66.6 Å². The molecule has 0 aromatic carbocycles. The van der Waals surface area contributed by atoms with E-state index in [1.54, 1.807) is 6.26 Å². The van der Waals surface area contributed by atoms with Gasteiger partial charge in [-0.25, -0.2) is 4.98 Å². The molecule has 0 aliphatic heterocycles. The normalized spacial score (nSPS) is 13.4. The van der Waals surface area contributed by atoms with E-state index in [0.29, 0.717) is 5.89 Å². The minimum absolute atomic E-state index is 0.0393. The van der Waals surface area contributed by atoms with Crippen LogP contribution in [0.25, 0.3) is 0 Å². The van der Waals surface area contributed by atoms with Gasteiger partial charge in [0, 0.05) is 6.92 Å². The van der Waals surface area contributed by atoms with E-state index in [-0.39, 0.29) is 6.04 Å². The van der Waals surface area contributed by atoms with Crippen molar-refractivity contribution < 1.29 is 4.42 Å². The molecule has 1 rings (SSSR count). The van der Waals surface area contributed by atoms with Crippen LogP contribution in [0, 0.1) is 6.92 Å². The Bertz CT molecular complexity index is 220. The Morgan fingerprint density at radius 2 is 2.45 bits per heavy atom. The molecule has 1 aromatic heterocycles. The highest BCUT2D eigenvalue weighted by Gasteiger charge is 2.08. The van der Waals surface area contributed by atoms with Crippen molar-refractivity contribution in [3.8, 4) is 0 Å². The fourth-order valence-electron chi connectivity index (χ4n) is 1.01. The van der Waals surface area contributed by atoms with Crippen LogP contribution in [0.5, 0.6) is 0 Å². The Balaban J connectivity index is 2.60. The molecular weight excluding hydrogens is 140 g/mol. The smallest absolute Gasteiger partial charge is 0.191 e. The first-order valence-electron chi connectivity index (χ1n) is 3.91. The lowest BCUT2D eigenvalue weighted by Crippen LogP contribution is -2.09. The van der Waals surface area contributed by atoms with Gasteiger partial charge in [0.05, 0.1) is 11.7 Å². The second-order valence-electron chi connectivity index (χ2n) is 2.69. The average molecular weight is 154 g/mol. The summed E-state index contributed by atoms with van der Waals surface area (Å²) < 4.78 is 5.04. The molecule has 0 aliphatic rings. The summed E-state index contributed by atoms with van der Waals surface area (Å²) in [6.07, 6.45) is 3.68. The molecule has 2 N–H and O–H groups in total. The maximum atomic E-state index is 5.80. The van der Waals surface area contributed by atoms with Crippen LogP contribution >= 0.6 is 0 Å². The van der Waals surface area contributed by atoms with E-state index in [9.17, 15) is 0 Å². The van der Waals surface area contributed by atoms with Gasteiger partial charge in [0.15, 0.2) is 5.89 Å². The summed E-state index contributed by atoms with van der Waals surface area (Å²) in [6.45, 7) is 3.93. The third-order valence-electron chi connectivity index (χ3n) is 1.62. The maximum Gasteiger partial charge on any atom is 0.191 e. The first-order chi connectivity index (χ1) is 5.24. The van der Waals surface area contributed by atoms with E-state index in [1.165, 1.54) is 0 Å². The molecule has 1 heterocycles. The number of rotatable bonds is 3. The summed E-state index contributed by atoms with van der Waals surface area (Å²) in [6, 6.07) is 0.0393. The highest BCUT2D eigenvalue weighted by molar-refractivity contribution is 5.01. The van der Waals surface area contributed by atoms with E-state index >= 15 is 0 Å². The third-order valence-corrected chi connectivity index (χ3v) is 1.62. The minimum Gasteiger partial charge on any atom is -0.449 e. The van der Waals surface area contributed by atoms with E-state index in [1.807, 2.05) is 6.92 Å². The van der Waals surface area contributed by atoms with Gasteiger partial charge in [-0.15, -0.1) is 0 Å². The van der Waals surface area contributed by atoms with Crippen LogP contribution in [0.2, 0.25) is 0 Å². The molecule has 1 unspecified atom stereocenters. The second-order valence-corrected chi connectivity index (χ2v) is 2.69. The first-order valence-corrected chi connectivity index (χ1v) is 3.91. The number of hydrogen-bond donors (Lipinski definition) is 1. The zero-order valence-electron chi connectivity index (χ0n) is 7.00. The SMILES string of the molecule is CCCC(N)c1coc(C)n1. The predicted molar refractivity (Wildman–Crippen MR) is 43.1 cm³/mol. The van der Waals surface area contributed by atoms with E-state index in [0.717, 1.165) is 18.5 Å². The molecular formula is C8H14N2O. The van der Waals surface area contributed by atoms with Gasteiger partial charge in [-0.2, -0.15) is 0 Å². The van der Waals surface area contributed by atoms with Crippen molar-refractivity contribution >= 4 is 0 Å². The molecule has 0 aliphatic carbocycles. The number of aromatic nitrogens is 1. The minimum atomic E-state index is 0.0393. The summed E-state index contributed by atoms with van der Waals surface area (Å²) in [5.41, 5.74) is 6.66. The van der Waals surface area contributed by atoms with Crippen LogP contribution in [-0.2, 0) is 0 Å². The zero-order valence-corrected chi connectivity index (χ0v) is 7.00. The highest BCUT2D eigenvalue weighted by Crippen LogP contribution is 2.13. The summed E-state index contributed by atoms with van der Waals surface area (Å²) in [5, 5.41) is 0. The summed E-state index contributed by atoms with van der Waals surface area (Å²) >= 11 is 0. The Morgan fingerprint density at radius 1 is 1.73 bits per heavy atom. The van der Waals surface area contributed by atoms with E-state index < -0.39 is 0 Å². The monoisotopic (exact) mass is 154 g/mol. The van der Waals surface area contributed by atoms with Gasteiger partial charge in [0.25, 0.3) is 0 Å². The zero-order chi connectivity index (χ0) is 8.27. The summed E-state index contributed by atoms with van der Waals surface area (Å²) in [4.78, 5) is 4.14. The van der Waals surface area contributed by atoms with E-state index in [4.69, 9.17) is 10.2 Å². The highest BCUT2D eigenvalue weighted by atomic mass is 16.3. The molecule has 62 valence electrons. The third kappa shape index (κ3) is 2.05. The molecule has 0 radical (unpaired) electrons. The van der Waals surface area contributed by atoms with Crippen LogP contribution in [0.3, 0.4) is 0 Å². The van der Waals surface area contributed by atoms with Crippen molar-refractivity contribution in [2.75, 3.05) is 0 Å². The van der Waals surface area contributed by atoms with Crippen molar-refractivity contribution in [3.05, 3.63) is 17.8 Å². The van der Waals surface area contributed by atoms with Crippen molar-refractivity contribution in [1.82, 2.24) is 4.98 Å². The number of nitrogens with zero attached hydrogens (tertiary/aromatic N) is 1. The molecule has 3 heteroatoms. The van der Waals surface area contributed by atoms with Crippen LogP contribution in [0.4, 0.5) is 0 Å². The van der Waals surface area contributed by atoms with Gasteiger partial charge in [-0.05, 0) is 6.42 Å². The Hall–Kier alpha value is -0.830. The molecule has 0 bridgehead atoms. The van der Waals surface area contributed by atoms with Gasteiger partial charge in [0.2, 0.25) is 0 Å². The molecule has 1 atom stereocenters. The topological polar surface area (TPSA) is 52.0 Å². The maximum absolute atomic E-state index is 5.80. The first kappa shape index (κ1) is 8.27. The quantitative estimate of drug-likeness (QED) is 0.722. The lowest BCUT2D eigenvalue weighted by atomic mass is 10.1. The van der Waals surface area contributed by atoms with Gasteiger partial charge < -0.3 is 10.2 Å². The number of oxazole rings is 1. The van der Waals surface area contributed by atoms with Gasteiger partial charge in [-0.1, -0.05) is 13.3 Å². The second kappa shape index (κ2) is 3.53. The predicted octanol–water partition coefficient (Wildman–Crippen LogP) is 1.78. The standard InChI is InChI=1S/C8H14N2O/c1-3-4-7(9)8-5-11-6(2)10-8/h5,7H,3-4,9H2,1-2H3. The molecule has 11 heavy (non-hydrogen) atoms. The van der Waals surface area contributed by atoms with Crippen LogP contribution in [-0.4, -0.2) is 4.98 Å². The lowest BCUT2D eigenvalue weighted by molar-refractivity contribution is 0.518. The number of nitrogens with two attached hydrogens (primary N) is 1. The largest absolute Gasteiger partial charge is 0.449 e. The Kier molecular flexibility index (Phi) is 2.65. The molecule has 3 nitrogen and oxygen atoms in total. The fourth-order valence-corrected chi connectivity index (χ4v) is 1.01. The molecule has 0 fully saturated rings. The summed E-state index contributed by atoms with van der Waals surface area (Å²) in [5.74, 6) is 0.687. The average Bonchev–Trinajstić information content (AvgIpc) is 2.36. The molecule has 0 saturated heterocycles. The van der Waals surface area contributed by atoms with Crippen molar-refractivity contribution in [3.63, 3.8) is 0 Å². The number of hydrogen-bond acceptors (Lipinski definition) is 3. The van der Waals surface area contributed by atoms with Crippen molar-refractivity contribution in [1.29, 1.82) is 0 Å². The summed E-state index contributed by atoms with van der Waals surface area (Å²) in [7, 11) is 0. The molecule has 0 amide bonds. The van der Waals surface area contributed by atoms with Gasteiger partial charge in [0.1, 0.15) is 6.26 Å². The lowest BCUT2D eigenvalue weighted by Gasteiger charge is -2.03. The van der Waals surface area contributed by atoms with Crippen LogP contribution < -0.4 is 5.73 Å². The van der Waals surface area contributed by atoms with Crippen LogP contribution in [0.1, 0.15) is 37.4 Å². The fraction of sp³-hybridized carbons (Fsp3) is 0.625. The Morgan fingerprint density at radius 3 is 2.91 bits per heavy atom. The van der Waals surface area contributed by atoms with Crippen molar-refractivity contribution in [2.24, 2.45) is 5.73 Å². The number of aryl methyl sites for hydroxylation is 1.